The Balaban J connectivity index is 1.41. The van der Waals surface area contributed by atoms with Crippen LogP contribution >= 0.6 is 23.1 Å². The third-order valence-electron chi connectivity index (χ3n) is 6.44. The van der Waals surface area contributed by atoms with Crippen LogP contribution < -0.4 is 15.7 Å². The molecule has 2 aromatic carbocycles. The van der Waals surface area contributed by atoms with Gasteiger partial charge in [-0.1, -0.05) is 29.5 Å². The van der Waals surface area contributed by atoms with Gasteiger partial charge < -0.3 is 4.74 Å². The van der Waals surface area contributed by atoms with Crippen LogP contribution in [0.4, 0.5) is 0 Å². The average molecular weight is 533 g/mol. The Bertz CT molecular complexity index is 1540. The number of rotatable bonds is 7. The van der Waals surface area contributed by atoms with Crippen molar-refractivity contribution < 1.29 is 9.53 Å². The smallest absolute Gasteiger partial charge is 0.267 e. The van der Waals surface area contributed by atoms with E-state index in [-0.39, 0.29) is 17.2 Å². The number of nitrogens with one attached hydrogen (secondary N) is 1. The summed E-state index contributed by atoms with van der Waals surface area (Å²) in [6.07, 6.45) is 4.15. The summed E-state index contributed by atoms with van der Waals surface area (Å²) in [5.74, 6) is 0.565. The highest BCUT2D eigenvalue weighted by molar-refractivity contribution is 7.99. The summed E-state index contributed by atoms with van der Waals surface area (Å²) in [6, 6.07) is 15.3. The molecule has 1 amide bonds. The fraction of sp³-hybridized carbons (Fsp3) is 0.286. The van der Waals surface area contributed by atoms with Crippen molar-refractivity contribution in [2.75, 3.05) is 12.9 Å². The van der Waals surface area contributed by atoms with E-state index in [2.05, 4.69) is 10.5 Å². The number of thiophene rings is 1. The SMILES string of the molecule is COc1ccc(/C(C)=N\NC(=O)CSc2nc3sc4c(c3c(=O)n2-c2ccc(C)cc2)CCCC4)cc1. The maximum absolute atomic E-state index is 13.8. The molecule has 0 aliphatic heterocycles. The molecule has 5 rings (SSSR count). The molecule has 4 aromatic rings. The zero-order valence-corrected chi connectivity index (χ0v) is 22.7. The van der Waals surface area contributed by atoms with E-state index in [0.717, 1.165) is 64.0 Å². The van der Waals surface area contributed by atoms with E-state index < -0.39 is 0 Å². The standard InChI is InChI=1S/C28H28N4O3S2/c1-17-8-12-20(13-9-17)32-27(34)25-22-6-4-5-7-23(22)37-26(25)29-28(32)36-16-24(33)31-30-18(2)19-10-14-21(35-3)15-11-19/h8-15H,4-7,16H2,1-3H3,(H,31,33)/b30-18-. The predicted octanol–water partition coefficient (Wildman–Crippen LogP) is 5.28. The van der Waals surface area contributed by atoms with Gasteiger partial charge in [0.05, 0.1) is 29.6 Å². The molecule has 37 heavy (non-hydrogen) atoms. The van der Waals surface area contributed by atoms with E-state index in [9.17, 15) is 9.59 Å². The number of methoxy groups -OCH3 is 1. The molecule has 2 heterocycles. The first-order chi connectivity index (χ1) is 17.9. The summed E-state index contributed by atoms with van der Waals surface area (Å²) in [4.78, 5) is 33.4. The highest BCUT2D eigenvalue weighted by atomic mass is 32.2. The van der Waals surface area contributed by atoms with Crippen molar-refractivity contribution in [2.24, 2.45) is 5.10 Å². The third kappa shape index (κ3) is 5.33. The number of benzene rings is 2. The molecule has 1 aliphatic carbocycles. The van der Waals surface area contributed by atoms with Gasteiger partial charge in [-0.25, -0.2) is 10.4 Å². The van der Waals surface area contributed by atoms with Crippen LogP contribution in [0.5, 0.6) is 5.75 Å². The minimum absolute atomic E-state index is 0.0652. The molecule has 190 valence electrons. The summed E-state index contributed by atoms with van der Waals surface area (Å²) < 4.78 is 6.83. The number of aryl methyl sites for hydroxylation is 3. The second-order valence-electron chi connectivity index (χ2n) is 9.01. The van der Waals surface area contributed by atoms with Crippen molar-refractivity contribution in [1.82, 2.24) is 15.0 Å². The summed E-state index contributed by atoms with van der Waals surface area (Å²) in [5.41, 5.74) is 7.13. The Morgan fingerprint density at radius 2 is 1.86 bits per heavy atom. The molecule has 0 radical (unpaired) electrons. The molecule has 0 bridgehead atoms. The van der Waals surface area contributed by atoms with Gasteiger partial charge in [0.25, 0.3) is 11.5 Å². The Labute approximate surface area is 223 Å². The fourth-order valence-electron chi connectivity index (χ4n) is 4.41. The van der Waals surface area contributed by atoms with Gasteiger partial charge in [0.15, 0.2) is 5.16 Å². The molecule has 0 saturated heterocycles. The molecule has 9 heteroatoms. The number of hydrogen-bond donors (Lipinski definition) is 1. The monoisotopic (exact) mass is 532 g/mol. The van der Waals surface area contributed by atoms with Crippen molar-refractivity contribution in [3.8, 4) is 11.4 Å². The highest BCUT2D eigenvalue weighted by Gasteiger charge is 2.23. The maximum atomic E-state index is 13.8. The van der Waals surface area contributed by atoms with E-state index in [1.807, 2.05) is 62.4 Å². The first-order valence-corrected chi connectivity index (χ1v) is 14.0. The number of thioether (sulfide) groups is 1. The zero-order valence-electron chi connectivity index (χ0n) is 21.0. The van der Waals surface area contributed by atoms with E-state index >= 15 is 0 Å². The lowest BCUT2D eigenvalue weighted by atomic mass is 9.97. The fourth-order valence-corrected chi connectivity index (χ4v) is 6.52. The largest absolute Gasteiger partial charge is 0.497 e. The number of hydrogen-bond acceptors (Lipinski definition) is 7. The molecule has 1 aliphatic rings. The average Bonchev–Trinajstić information content (AvgIpc) is 3.30. The van der Waals surface area contributed by atoms with Crippen molar-refractivity contribution in [1.29, 1.82) is 0 Å². The zero-order chi connectivity index (χ0) is 25.9. The molecule has 0 spiro atoms. The molecule has 0 atom stereocenters. The molecule has 7 nitrogen and oxygen atoms in total. The normalized spacial score (nSPS) is 13.4. The summed E-state index contributed by atoms with van der Waals surface area (Å²) >= 11 is 2.86. The molecule has 0 unspecified atom stereocenters. The Morgan fingerprint density at radius 3 is 2.59 bits per heavy atom. The number of hydrazone groups is 1. The predicted molar refractivity (Wildman–Crippen MR) is 151 cm³/mol. The van der Waals surface area contributed by atoms with Gasteiger partial charge in [-0.05, 0) is 87.1 Å². The lowest BCUT2D eigenvalue weighted by molar-refractivity contribution is -0.118. The molecule has 0 saturated carbocycles. The molecule has 0 fully saturated rings. The van der Waals surface area contributed by atoms with Crippen LogP contribution in [-0.4, -0.2) is 34.0 Å². The van der Waals surface area contributed by atoms with Gasteiger partial charge in [-0.3, -0.25) is 14.2 Å². The number of fused-ring (bicyclic) bond motifs is 3. The van der Waals surface area contributed by atoms with Crippen LogP contribution in [0.25, 0.3) is 15.9 Å². The maximum Gasteiger partial charge on any atom is 0.267 e. The summed E-state index contributed by atoms with van der Waals surface area (Å²) in [5, 5.41) is 5.48. The second-order valence-corrected chi connectivity index (χ2v) is 11.0. The van der Waals surface area contributed by atoms with Crippen molar-refractivity contribution in [3.63, 3.8) is 0 Å². The highest BCUT2D eigenvalue weighted by Crippen LogP contribution is 2.35. The molecule has 1 N–H and O–H groups in total. The minimum Gasteiger partial charge on any atom is -0.497 e. The van der Waals surface area contributed by atoms with Crippen molar-refractivity contribution in [2.45, 2.75) is 44.7 Å². The third-order valence-corrected chi connectivity index (χ3v) is 8.56. The first-order valence-electron chi connectivity index (χ1n) is 12.2. The van der Waals surface area contributed by atoms with Crippen molar-refractivity contribution >= 4 is 44.9 Å². The summed E-state index contributed by atoms with van der Waals surface area (Å²) in [6.45, 7) is 3.84. The number of ether oxygens (including phenoxy) is 1. The van der Waals surface area contributed by atoms with Crippen LogP contribution in [0, 0.1) is 6.92 Å². The van der Waals surface area contributed by atoms with Gasteiger partial charge in [-0.2, -0.15) is 5.10 Å². The molecular formula is C28H28N4O3S2. The van der Waals surface area contributed by atoms with Gasteiger partial charge >= 0.3 is 0 Å². The molecular weight excluding hydrogens is 504 g/mol. The first kappa shape index (κ1) is 25.2. The van der Waals surface area contributed by atoms with Crippen LogP contribution in [-0.2, 0) is 17.6 Å². The van der Waals surface area contributed by atoms with Crippen molar-refractivity contribution in [3.05, 3.63) is 80.5 Å². The van der Waals surface area contributed by atoms with Gasteiger partial charge in [-0.15, -0.1) is 11.3 Å². The van der Waals surface area contributed by atoms with Gasteiger partial charge in [0, 0.05) is 4.88 Å². The number of nitrogens with zero attached hydrogens (tertiary/aromatic N) is 3. The Morgan fingerprint density at radius 1 is 1.14 bits per heavy atom. The Kier molecular flexibility index (Phi) is 7.43. The topological polar surface area (TPSA) is 85.6 Å². The second kappa shape index (κ2) is 10.9. The number of aromatic nitrogens is 2. The quantitative estimate of drug-likeness (QED) is 0.152. The lowest BCUT2D eigenvalue weighted by Gasteiger charge is -2.13. The summed E-state index contributed by atoms with van der Waals surface area (Å²) in [7, 11) is 1.62. The Hall–Kier alpha value is -3.43. The van der Waals surface area contributed by atoms with Gasteiger partial charge in [0.1, 0.15) is 10.6 Å². The van der Waals surface area contributed by atoms with Crippen LogP contribution in [0.3, 0.4) is 0 Å². The van der Waals surface area contributed by atoms with E-state index in [4.69, 9.17) is 9.72 Å². The van der Waals surface area contributed by atoms with Gasteiger partial charge in [0.2, 0.25) is 0 Å². The van der Waals surface area contributed by atoms with Crippen LogP contribution in [0.2, 0.25) is 0 Å². The van der Waals surface area contributed by atoms with E-state index in [1.54, 1.807) is 23.0 Å². The number of amides is 1. The lowest BCUT2D eigenvalue weighted by Crippen LogP contribution is -2.24. The number of carbonyl (C=O) groups is 1. The number of carbonyl (C=O) groups excluding carboxylic acids is 1. The van der Waals surface area contributed by atoms with Crippen LogP contribution in [0.1, 0.15) is 41.3 Å². The minimum atomic E-state index is -0.270. The van der Waals surface area contributed by atoms with E-state index in [1.165, 1.54) is 16.6 Å². The van der Waals surface area contributed by atoms with E-state index in [0.29, 0.717) is 10.9 Å². The molecule has 2 aromatic heterocycles. The van der Waals surface area contributed by atoms with Crippen LogP contribution in [0.15, 0.2) is 63.6 Å².